The molecule has 16 heteroatoms. The van der Waals surface area contributed by atoms with Crippen molar-refractivity contribution in [1.29, 1.82) is 0 Å². The van der Waals surface area contributed by atoms with E-state index in [1.54, 1.807) is 6.92 Å². The molecule has 0 aliphatic carbocycles. The molecule has 228 valence electrons. The van der Waals surface area contributed by atoms with E-state index in [0.717, 1.165) is 18.2 Å². The van der Waals surface area contributed by atoms with Gasteiger partial charge in [-0.25, -0.2) is 4.39 Å². The second kappa shape index (κ2) is 11.3. The Morgan fingerprint density at radius 1 is 1.10 bits per heavy atom. The van der Waals surface area contributed by atoms with E-state index in [1.165, 1.54) is 23.5 Å². The third-order valence-electron chi connectivity index (χ3n) is 7.09. The van der Waals surface area contributed by atoms with E-state index in [9.17, 15) is 54.5 Å². The smallest absolute Gasteiger partial charge is 0.353 e. The number of carbonyl (C=O) groups is 3. The molecule has 0 aromatic heterocycles. The molecule has 4 rings (SSSR count). The van der Waals surface area contributed by atoms with Gasteiger partial charge in [0.15, 0.2) is 0 Å². The Balaban J connectivity index is 1.63. The van der Waals surface area contributed by atoms with Crippen LogP contribution in [-0.2, 0) is 36.4 Å². The fourth-order valence-corrected chi connectivity index (χ4v) is 4.65. The monoisotopic (exact) mass is 595 g/mol. The number of halogens is 1. The molecule has 0 saturated carbocycles. The van der Waals surface area contributed by atoms with Crippen LogP contribution in [0.3, 0.4) is 0 Å². The molecule has 3 aliphatic rings. The lowest BCUT2D eigenvalue weighted by Gasteiger charge is -2.49. The predicted octanol–water partition coefficient (Wildman–Crippen LogP) is -3.30. The van der Waals surface area contributed by atoms with Crippen molar-refractivity contribution in [1.82, 2.24) is 15.1 Å². The van der Waals surface area contributed by atoms with E-state index in [1.807, 2.05) is 4.90 Å². The van der Waals surface area contributed by atoms with E-state index in [-0.39, 0.29) is 16.0 Å². The molecule has 1 aromatic rings. The Hall–Kier alpha value is -3.58. The van der Waals surface area contributed by atoms with Gasteiger partial charge in [-0.2, -0.15) is 0 Å². The van der Waals surface area contributed by atoms with Crippen LogP contribution in [0.1, 0.15) is 18.1 Å². The summed E-state index contributed by atoms with van der Waals surface area (Å²) in [4.78, 5) is 39.7. The van der Waals surface area contributed by atoms with Gasteiger partial charge >= 0.3 is 11.8 Å². The third kappa shape index (κ3) is 5.24. The summed E-state index contributed by atoms with van der Waals surface area (Å²) in [6, 6.07) is 3.64. The number of benzene rings is 1. The molecule has 0 radical (unpaired) electrons. The molecule has 15 nitrogen and oxygen atoms in total. The van der Waals surface area contributed by atoms with Crippen molar-refractivity contribution < 1.29 is 64.0 Å². The number of hydrogen-bond acceptors (Lipinski definition) is 13. The summed E-state index contributed by atoms with van der Waals surface area (Å²) in [6.07, 6.45) is 4.52. The first kappa shape index (κ1) is 31.4. The zero-order chi connectivity index (χ0) is 31.1. The van der Waals surface area contributed by atoms with Gasteiger partial charge in [-0.3, -0.25) is 29.5 Å². The van der Waals surface area contributed by atoms with Gasteiger partial charge in [0, 0.05) is 30.8 Å². The van der Waals surface area contributed by atoms with Crippen molar-refractivity contribution >= 4 is 17.7 Å². The number of nitrogens with one attached hydrogen (secondary N) is 1. The molecule has 3 saturated heterocycles. The van der Waals surface area contributed by atoms with Crippen LogP contribution < -0.4 is 5.32 Å². The van der Waals surface area contributed by atoms with Crippen molar-refractivity contribution in [3.63, 3.8) is 0 Å². The number of rotatable bonds is 7. The van der Waals surface area contributed by atoms with Crippen LogP contribution in [0.5, 0.6) is 0 Å². The van der Waals surface area contributed by atoms with Gasteiger partial charge in [-0.15, -0.1) is 0 Å². The summed E-state index contributed by atoms with van der Waals surface area (Å²) < 4.78 is 25.2. The zero-order valence-electron chi connectivity index (χ0n) is 22.2. The van der Waals surface area contributed by atoms with E-state index in [4.69, 9.17) is 9.47 Å². The van der Waals surface area contributed by atoms with Crippen LogP contribution >= 0.6 is 0 Å². The Labute approximate surface area is 237 Å². The summed E-state index contributed by atoms with van der Waals surface area (Å²) in [5.41, 5.74) is -4.68. The minimum absolute atomic E-state index is 0.0952. The van der Waals surface area contributed by atoms with Crippen molar-refractivity contribution in [2.75, 3.05) is 32.8 Å². The number of aliphatic hydroxyl groups is 7. The Morgan fingerprint density at radius 3 is 2.38 bits per heavy atom. The highest BCUT2D eigenvalue weighted by atomic mass is 19.1. The minimum atomic E-state index is -4.33. The second-order valence-electron chi connectivity index (χ2n) is 9.87. The lowest BCUT2D eigenvalue weighted by Crippen LogP contribution is -2.85. The predicted molar refractivity (Wildman–Crippen MR) is 135 cm³/mol. The van der Waals surface area contributed by atoms with Gasteiger partial charge in [0.05, 0.1) is 31.6 Å². The highest BCUT2D eigenvalue weighted by Crippen LogP contribution is 2.41. The van der Waals surface area contributed by atoms with Gasteiger partial charge < -0.3 is 45.2 Å². The van der Waals surface area contributed by atoms with Gasteiger partial charge in [-0.1, -0.05) is 18.2 Å². The number of ether oxygens (including phenoxy) is 2. The molecular weight excluding hydrogens is 565 g/mol. The van der Waals surface area contributed by atoms with Crippen LogP contribution in [0.15, 0.2) is 53.8 Å². The molecular formula is C26H30FN3O12. The SMILES string of the molecule is C\C=C/C=C1/C(=O)N(C2(O)C(=O)NC(=O)C(O)(O)C2(O)O)C/C1=C\OC(O)(O)c1ccc(CN2CCOCC2)cc1F. The standard InChI is InChI=1S/C26H30FN3O12/c1-2-3-4-17-16(13-30(20(17)31)23(34)21(32)28-22(33)24(35,36)26(23,39)40)14-42-25(37,38)18-6-5-15(11-19(18)27)12-29-7-9-41-10-8-29/h2-6,11,14,34-40H,7-10,12-13H2,1H3,(H,28,32,33)/b3-2-,16-14+,17-4+. The van der Waals surface area contributed by atoms with Crippen molar-refractivity contribution in [3.8, 4) is 0 Å². The van der Waals surface area contributed by atoms with Gasteiger partial charge in [0.25, 0.3) is 29.2 Å². The molecule has 3 aliphatic heterocycles. The number of hydrogen-bond donors (Lipinski definition) is 8. The first-order valence-electron chi connectivity index (χ1n) is 12.6. The first-order chi connectivity index (χ1) is 19.6. The molecule has 3 amide bonds. The second-order valence-corrected chi connectivity index (χ2v) is 9.87. The lowest BCUT2D eigenvalue weighted by molar-refractivity contribution is -0.407. The Morgan fingerprint density at radius 2 is 1.76 bits per heavy atom. The van der Waals surface area contributed by atoms with Crippen molar-refractivity contribution in [3.05, 3.63) is 70.8 Å². The van der Waals surface area contributed by atoms with Crippen molar-refractivity contribution in [2.24, 2.45) is 0 Å². The fraction of sp³-hybridized carbons (Fsp3) is 0.423. The van der Waals surface area contributed by atoms with Gasteiger partial charge in [-0.05, 0) is 30.7 Å². The van der Waals surface area contributed by atoms with Gasteiger partial charge in [0.2, 0.25) is 0 Å². The molecule has 3 heterocycles. The molecule has 1 aromatic carbocycles. The molecule has 1 unspecified atom stereocenters. The maximum Gasteiger partial charge on any atom is 0.353 e. The van der Waals surface area contributed by atoms with Gasteiger partial charge in [0.1, 0.15) is 5.82 Å². The summed E-state index contributed by atoms with van der Waals surface area (Å²) in [7, 11) is 0. The lowest BCUT2D eigenvalue weighted by atomic mass is 9.87. The number of allylic oxidation sites excluding steroid dienone is 3. The van der Waals surface area contributed by atoms with Crippen LogP contribution in [0, 0.1) is 5.82 Å². The summed E-state index contributed by atoms with van der Waals surface area (Å²) in [5, 5.41) is 74.0. The van der Waals surface area contributed by atoms with E-state index in [0.29, 0.717) is 44.7 Å². The average molecular weight is 596 g/mol. The molecule has 3 fully saturated rings. The topological polar surface area (TPSA) is 230 Å². The number of amides is 3. The van der Waals surface area contributed by atoms with E-state index in [2.05, 4.69) is 0 Å². The molecule has 8 N–H and O–H groups in total. The first-order valence-corrected chi connectivity index (χ1v) is 12.6. The molecule has 0 bridgehead atoms. The number of morpholine rings is 1. The summed E-state index contributed by atoms with van der Waals surface area (Å²) in [6.45, 7) is 3.37. The number of imide groups is 1. The largest absolute Gasteiger partial charge is 0.443 e. The van der Waals surface area contributed by atoms with Crippen LogP contribution in [0.2, 0.25) is 0 Å². The van der Waals surface area contributed by atoms with Crippen molar-refractivity contribution in [2.45, 2.75) is 36.7 Å². The highest BCUT2D eigenvalue weighted by Gasteiger charge is 2.76. The van der Waals surface area contributed by atoms with E-state index < -0.39 is 58.9 Å². The maximum absolute atomic E-state index is 14.9. The zero-order valence-corrected chi connectivity index (χ0v) is 22.2. The van der Waals surface area contributed by atoms with Crippen LogP contribution in [0.4, 0.5) is 4.39 Å². The molecule has 42 heavy (non-hydrogen) atoms. The fourth-order valence-electron chi connectivity index (χ4n) is 4.65. The quantitative estimate of drug-likeness (QED) is 0.0670. The summed E-state index contributed by atoms with van der Waals surface area (Å²) >= 11 is 0. The summed E-state index contributed by atoms with van der Waals surface area (Å²) in [5.74, 6) is -18.0. The Bertz CT molecular complexity index is 1370. The van der Waals surface area contributed by atoms with E-state index >= 15 is 0 Å². The number of piperidine rings is 1. The number of carbonyl (C=O) groups excluding carboxylic acids is 3. The maximum atomic E-state index is 14.9. The third-order valence-corrected chi connectivity index (χ3v) is 7.09. The van der Waals surface area contributed by atoms with Crippen LogP contribution in [-0.4, -0.2) is 113 Å². The highest BCUT2D eigenvalue weighted by molar-refractivity contribution is 6.10. The average Bonchev–Trinajstić information content (AvgIpc) is 3.24. The normalized spacial score (nSPS) is 26.9. The van der Waals surface area contributed by atoms with Crippen LogP contribution in [0.25, 0.3) is 0 Å². The number of nitrogens with zero attached hydrogens (tertiary/aromatic N) is 2. The minimum Gasteiger partial charge on any atom is -0.443 e. The molecule has 0 spiro atoms. The molecule has 1 atom stereocenters. The Kier molecular flexibility index (Phi) is 8.40. The number of likely N-dealkylation sites (tertiary alicyclic amines) is 1.